The molecule has 31 heavy (non-hydrogen) atoms. The summed E-state index contributed by atoms with van der Waals surface area (Å²) < 4.78 is 0. The lowest BCUT2D eigenvalue weighted by Crippen LogP contribution is -2.50. The highest BCUT2D eigenvalue weighted by Gasteiger charge is 2.64. The summed E-state index contributed by atoms with van der Waals surface area (Å²) in [4.78, 5) is 44.9. The van der Waals surface area contributed by atoms with Crippen molar-refractivity contribution >= 4 is 40.2 Å². The molecule has 160 valence electrons. The molecule has 2 saturated heterocycles. The Morgan fingerprint density at radius 2 is 1.87 bits per heavy atom. The SMILES string of the molecule is CCC(C)N1C(=O)C2C(C1=O)C(C(=O)c1cccs1)N1c3ccc(C)cc3C(C)=CC21. The predicted octanol–water partition coefficient (Wildman–Crippen LogP) is 4.31. The average molecular weight is 435 g/mol. The molecule has 2 fully saturated rings. The molecule has 2 aromatic rings. The van der Waals surface area contributed by atoms with Crippen molar-refractivity contribution in [3.05, 3.63) is 57.8 Å². The van der Waals surface area contributed by atoms with E-state index in [0.29, 0.717) is 11.3 Å². The summed E-state index contributed by atoms with van der Waals surface area (Å²) in [5, 5.41) is 1.88. The first-order valence-electron chi connectivity index (χ1n) is 10.9. The Labute approximate surface area is 186 Å². The van der Waals surface area contributed by atoms with Crippen LogP contribution in [0.2, 0.25) is 0 Å². The highest BCUT2D eigenvalue weighted by atomic mass is 32.1. The number of amides is 2. The minimum atomic E-state index is -0.676. The van der Waals surface area contributed by atoms with Gasteiger partial charge in [-0.2, -0.15) is 0 Å². The highest BCUT2D eigenvalue weighted by Crippen LogP contribution is 2.51. The smallest absolute Gasteiger partial charge is 0.236 e. The predicted molar refractivity (Wildman–Crippen MR) is 122 cm³/mol. The number of likely N-dealkylation sites (tertiary alicyclic amines) is 1. The number of imide groups is 1. The molecule has 0 saturated carbocycles. The van der Waals surface area contributed by atoms with Crippen LogP contribution in [-0.4, -0.2) is 40.6 Å². The van der Waals surface area contributed by atoms with Crippen LogP contribution in [0.4, 0.5) is 5.69 Å². The fraction of sp³-hybridized carbons (Fsp3) is 0.400. The second-order valence-electron chi connectivity index (χ2n) is 8.91. The number of hydrogen-bond acceptors (Lipinski definition) is 5. The zero-order chi connectivity index (χ0) is 22.0. The minimum Gasteiger partial charge on any atom is -0.352 e. The molecule has 5 rings (SSSR count). The molecular weight excluding hydrogens is 408 g/mol. The first-order chi connectivity index (χ1) is 14.8. The fourth-order valence-corrected chi connectivity index (χ4v) is 6.16. The van der Waals surface area contributed by atoms with Gasteiger partial charge in [0.15, 0.2) is 5.78 Å². The van der Waals surface area contributed by atoms with Gasteiger partial charge in [-0.25, -0.2) is 0 Å². The van der Waals surface area contributed by atoms with Crippen LogP contribution in [0, 0.1) is 18.8 Å². The van der Waals surface area contributed by atoms with E-state index in [1.165, 1.54) is 16.2 Å². The van der Waals surface area contributed by atoms with Crippen molar-refractivity contribution in [2.24, 2.45) is 11.8 Å². The van der Waals surface area contributed by atoms with Crippen LogP contribution < -0.4 is 4.90 Å². The van der Waals surface area contributed by atoms with E-state index in [1.54, 1.807) is 0 Å². The van der Waals surface area contributed by atoms with Crippen molar-refractivity contribution < 1.29 is 14.4 Å². The molecular formula is C25H26N2O3S. The van der Waals surface area contributed by atoms with Crippen LogP contribution in [0.3, 0.4) is 0 Å². The van der Waals surface area contributed by atoms with E-state index in [1.807, 2.05) is 57.3 Å². The second-order valence-corrected chi connectivity index (χ2v) is 9.86. The fourth-order valence-electron chi connectivity index (χ4n) is 5.46. The van der Waals surface area contributed by atoms with E-state index < -0.39 is 17.9 Å². The van der Waals surface area contributed by atoms with Gasteiger partial charge in [-0.15, -0.1) is 11.3 Å². The van der Waals surface area contributed by atoms with Gasteiger partial charge in [0.2, 0.25) is 11.8 Å². The Morgan fingerprint density at radius 3 is 2.55 bits per heavy atom. The number of carbonyl (C=O) groups is 3. The van der Waals surface area contributed by atoms with Gasteiger partial charge in [0.25, 0.3) is 0 Å². The van der Waals surface area contributed by atoms with Crippen LogP contribution in [0.5, 0.6) is 0 Å². The molecule has 2 amide bonds. The number of benzene rings is 1. The lowest BCUT2D eigenvalue weighted by molar-refractivity contribution is -0.142. The van der Waals surface area contributed by atoms with Gasteiger partial charge in [-0.3, -0.25) is 19.3 Å². The Morgan fingerprint density at radius 1 is 1.13 bits per heavy atom. The second kappa shape index (κ2) is 7.16. The lowest BCUT2D eigenvalue weighted by Gasteiger charge is -2.38. The quantitative estimate of drug-likeness (QED) is 0.531. The highest BCUT2D eigenvalue weighted by molar-refractivity contribution is 7.12. The molecule has 5 unspecified atom stereocenters. The Kier molecular flexibility index (Phi) is 4.66. The number of thiophene rings is 1. The number of Topliss-reactive ketones (excluding diaryl/α,β-unsaturated/α-hetero) is 1. The summed E-state index contributed by atoms with van der Waals surface area (Å²) in [5.74, 6) is -1.59. The van der Waals surface area contributed by atoms with Gasteiger partial charge >= 0.3 is 0 Å². The van der Waals surface area contributed by atoms with E-state index in [4.69, 9.17) is 0 Å². The van der Waals surface area contributed by atoms with E-state index in [-0.39, 0.29) is 29.7 Å². The number of carbonyl (C=O) groups excluding carboxylic acids is 3. The maximum absolute atomic E-state index is 13.7. The van der Waals surface area contributed by atoms with Gasteiger partial charge < -0.3 is 4.90 Å². The van der Waals surface area contributed by atoms with Crippen molar-refractivity contribution in [1.82, 2.24) is 4.90 Å². The number of aryl methyl sites for hydroxylation is 1. The number of allylic oxidation sites excluding steroid dienone is 1. The normalized spacial score (nSPS) is 27.7. The van der Waals surface area contributed by atoms with Crippen molar-refractivity contribution in [2.45, 2.75) is 52.2 Å². The summed E-state index contributed by atoms with van der Waals surface area (Å²) in [5.41, 5.74) is 4.24. The van der Waals surface area contributed by atoms with Crippen molar-refractivity contribution in [1.29, 1.82) is 0 Å². The summed E-state index contributed by atoms with van der Waals surface area (Å²) >= 11 is 1.39. The average Bonchev–Trinajstić information content (AvgIpc) is 3.44. The van der Waals surface area contributed by atoms with Crippen LogP contribution in [0.1, 0.15) is 48.0 Å². The zero-order valence-corrected chi connectivity index (χ0v) is 19.0. The first kappa shape index (κ1) is 20.2. The molecule has 0 bridgehead atoms. The van der Waals surface area contributed by atoms with Gasteiger partial charge in [0.1, 0.15) is 6.04 Å². The van der Waals surface area contributed by atoms with Crippen LogP contribution in [0.25, 0.3) is 5.57 Å². The van der Waals surface area contributed by atoms with E-state index in [0.717, 1.165) is 22.4 Å². The first-order valence-corrected chi connectivity index (χ1v) is 11.8. The van der Waals surface area contributed by atoms with Crippen molar-refractivity contribution in [3.63, 3.8) is 0 Å². The minimum absolute atomic E-state index is 0.0703. The van der Waals surface area contributed by atoms with E-state index in [9.17, 15) is 14.4 Å². The maximum Gasteiger partial charge on any atom is 0.236 e. The number of hydrogen-bond donors (Lipinski definition) is 0. The molecule has 1 aromatic carbocycles. The summed E-state index contributed by atoms with van der Waals surface area (Å²) in [7, 11) is 0. The Hall–Kier alpha value is -2.73. The Balaban J connectivity index is 1.69. The molecule has 1 aromatic heterocycles. The largest absolute Gasteiger partial charge is 0.352 e. The summed E-state index contributed by atoms with van der Waals surface area (Å²) in [6.07, 6.45) is 2.79. The lowest BCUT2D eigenvalue weighted by atomic mass is 9.86. The zero-order valence-electron chi connectivity index (χ0n) is 18.2. The standard InChI is InChI=1S/C25H26N2O3S/c1-5-15(4)26-24(29)20-18-12-14(3)16-11-13(2)8-9-17(16)27(18)22(21(20)25(26)30)23(28)19-7-6-10-31-19/h6-12,15,18,20-22H,5H2,1-4H3. The van der Waals surface area contributed by atoms with Gasteiger partial charge in [0.05, 0.1) is 22.8 Å². The third-order valence-corrected chi connectivity index (χ3v) is 7.99. The molecule has 4 heterocycles. The third-order valence-electron chi connectivity index (χ3n) is 7.10. The molecule has 5 nitrogen and oxygen atoms in total. The van der Waals surface area contributed by atoms with Gasteiger partial charge in [-0.05, 0) is 56.3 Å². The number of fused-ring (bicyclic) bond motifs is 5. The molecule has 6 heteroatoms. The summed E-state index contributed by atoms with van der Waals surface area (Å²) in [6, 6.07) is 8.71. The van der Waals surface area contributed by atoms with Crippen LogP contribution >= 0.6 is 11.3 Å². The van der Waals surface area contributed by atoms with Gasteiger partial charge in [-0.1, -0.05) is 30.7 Å². The van der Waals surface area contributed by atoms with E-state index in [2.05, 4.69) is 17.0 Å². The molecule has 5 atom stereocenters. The molecule has 3 aliphatic heterocycles. The van der Waals surface area contributed by atoms with Crippen LogP contribution in [0.15, 0.2) is 41.8 Å². The number of ketones is 1. The number of rotatable bonds is 4. The number of anilines is 1. The third kappa shape index (κ3) is 2.77. The molecule has 0 aliphatic carbocycles. The molecule has 0 spiro atoms. The number of nitrogens with zero attached hydrogens (tertiary/aromatic N) is 2. The van der Waals surface area contributed by atoms with Crippen LogP contribution in [-0.2, 0) is 9.59 Å². The summed E-state index contributed by atoms with van der Waals surface area (Å²) in [6.45, 7) is 7.98. The maximum atomic E-state index is 13.7. The molecule has 0 N–H and O–H groups in total. The Bertz CT molecular complexity index is 1120. The van der Waals surface area contributed by atoms with Gasteiger partial charge in [0, 0.05) is 17.3 Å². The molecule has 0 radical (unpaired) electrons. The van der Waals surface area contributed by atoms with Crippen molar-refractivity contribution in [3.8, 4) is 0 Å². The topological polar surface area (TPSA) is 57.7 Å². The molecule has 3 aliphatic rings. The van der Waals surface area contributed by atoms with Crippen molar-refractivity contribution in [2.75, 3.05) is 4.90 Å². The monoisotopic (exact) mass is 434 g/mol. The van der Waals surface area contributed by atoms with E-state index >= 15 is 0 Å².